The third-order valence-electron chi connectivity index (χ3n) is 3.31. The van der Waals surface area contributed by atoms with Crippen LogP contribution in [-0.2, 0) is 16.1 Å². The van der Waals surface area contributed by atoms with Gasteiger partial charge in [-0.3, -0.25) is 9.69 Å². The van der Waals surface area contributed by atoms with Gasteiger partial charge in [0, 0.05) is 18.0 Å². The van der Waals surface area contributed by atoms with E-state index in [0.29, 0.717) is 18.0 Å². The Kier molecular flexibility index (Phi) is 3.74. The number of benzene rings is 1. The molecule has 0 aromatic heterocycles. The zero-order chi connectivity index (χ0) is 14.2. The average molecular weight is 284 g/mol. The van der Waals surface area contributed by atoms with E-state index in [2.05, 4.69) is 0 Å². The first-order valence-corrected chi connectivity index (χ1v) is 6.57. The number of aromatic hydroxyl groups is 1. The largest absolute Gasteiger partial charge is 0.508 e. The molecule has 1 fully saturated rings. The van der Waals surface area contributed by atoms with Gasteiger partial charge in [-0.15, -0.1) is 0 Å². The highest BCUT2D eigenvalue weighted by Gasteiger charge is 2.42. The fraction of sp³-hybridized carbons (Fsp3) is 0.500. The quantitative estimate of drug-likeness (QED) is 0.866. The van der Waals surface area contributed by atoms with Crippen molar-refractivity contribution in [2.75, 3.05) is 7.05 Å². The van der Waals surface area contributed by atoms with Gasteiger partial charge in [-0.25, -0.2) is 0 Å². The van der Waals surface area contributed by atoms with Crippen LogP contribution >= 0.6 is 11.6 Å². The summed E-state index contributed by atoms with van der Waals surface area (Å²) in [6.07, 6.45) is 0.652. The van der Waals surface area contributed by atoms with Gasteiger partial charge >= 0.3 is 5.97 Å². The maximum atomic E-state index is 11.8. The molecule has 1 heterocycles. The van der Waals surface area contributed by atoms with Crippen LogP contribution in [0, 0.1) is 0 Å². The van der Waals surface area contributed by atoms with Gasteiger partial charge in [-0.2, -0.15) is 0 Å². The van der Waals surface area contributed by atoms with E-state index in [9.17, 15) is 9.90 Å². The Hall–Kier alpha value is -1.26. The smallest absolute Gasteiger partial charge is 0.324 e. The average Bonchev–Trinajstić information content (AvgIpc) is 2.57. The molecule has 1 N–H and O–H groups in total. The first-order chi connectivity index (χ1) is 8.78. The van der Waals surface area contributed by atoms with Crippen molar-refractivity contribution in [3.05, 3.63) is 28.8 Å². The Morgan fingerprint density at radius 1 is 1.53 bits per heavy atom. The summed E-state index contributed by atoms with van der Waals surface area (Å²) in [5.74, 6) is -0.0362. The Morgan fingerprint density at radius 3 is 2.79 bits per heavy atom. The number of ether oxygens (including phenoxy) is 1. The number of esters is 1. The minimum absolute atomic E-state index is 0.169. The SMILES string of the molecule is CN(Cc1cc(O)ccc1Cl)C1CC(C)(C)OC1=O. The number of hydrogen-bond donors (Lipinski definition) is 1. The normalized spacial score (nSPS) is 21.7. The molecule has 0 bridgehead atoms. The number of nitrogens with zero attached hydrogens (tertiary/aromatic N) is 1. The van der Waals surface area contributed by atoms with Crippen molar-refractivity contribution in [3.8, 4) is 5.75 Å². The molecule has 5 heteroatoms. The van der Waals surface area contributed by atoms with Gasteiger partial charge < -0.3 is 9.84 Å². The predicted octanol–water partition coefficient (Wildman–Crippen LogP) is 2.57. The van der Waals surface area contributed by atoms with Crippen LogP contribution in [0.2, 0.25) is 5.02 Å². The Labute approximate surface area is 117 Å². The number of rotatable bonds is 3. The summed E-state index contributed by atoms with van der Waals surface area (Å²) in [6.45, 7) is 4.29. The zero-order valence-corrected chi connectivity index (χ0v) is 12.1. The van der Waals surface area contributed by atoms with Crippen LogP contribution in [-0.4, -0.2) is 34.7 Å². The number of carbonyl (C=O) groups is 1. The van der Waals surface area contributed by atoms with Gasteiger partial charge in [0.15, 0.2) is 0 Å². The molecule has 0 amide bonds. The number of hydrogen-bond acceptors (Lipinski definition) is 4. The molecule has 1 aromatic rings. The summed E-state index contributed by atoms with van der Waals surface area (Å²) in [5, 5.41) is 10.1. The fourth-order valence-corrected chi connectivity index (χ4v) is 2.51. The number of phenolic OH excluding ortho intramolecular Hbond substituents is 1. The molecule has 0 radical (unpaired) electrons. The molecule has 0 aliphatic carbocycles. The fourth-order valence-electron chi connectivity index (χ4n) is 2.33. The topological polar surface area (TPSA) is 49.8 Å². The highest BCUT2D eigenvalue weighted by Crippen LogP contribution is 2.30. The van der Waals surface area contributed by atoms with E-state index in [0.717, 1.165) is 5.56 Å². The van der Waals surface area contributed by atoms with Gasteiger partial charge in [0.25, 0.3) is 0 Å². The lowest BCUT2D eigenvalue weighted by molar-refractivity contribution is -0.149. The summed E-state index contributed by atoms with van der Waals surface area (Å²) in [6, 6.07) is 4.54. The van der Waals surface area contributed by atoms with Crippen molar-refractivity contribution in [1.82, 2.24) is 4.90 Å². The Balaban J connectivity index is 2.11. The third-order valence-corrected chi connectivity index (χ3v) is 3.68. The second-order valence-electron chi connectivity index (χ2n) is 5.59. The van der Waals surface area contributed by atoms with E-state index in [1.807, 2.05) is 25.8 Å². The van der Waals surface area contributed by atoms with Crippen molar-refractivity contribution < 1.29 is 14.6 Å². The number of phenols is 1. The van der Waals surface area contributed by atoms with E-state index >= 15 is 0 Å². The van der Waals surface area contributed by atoms with E-state index in [1.54, 1.807) is 18.2 Å². The molecule has 104 valence electrons. The highest BCUT2D eigenvalue weighted by molar-refractivity contribution is 6.31. The lowest BCUT2D eigenvalue weighted by atomic mass is 10.0. The van der Waals surface area contributed by atoms with Crippen LogP contribution in [0.4, 0.5) is 0 Å². The first kappa shape index (κ1) is 14.2. The Bertz CT molecular complexity index is 501. The molecule has 1 saturated heterocycles. The van der Waals surface area contributed by atoms with Crippen LogP contribution in [0.5, 0.6) is 5.75 Å². The molecule has 1 unspecified atom stereocenters. The van der Waals surface area contributed by atoms with E-state index in [1.165, 1.54) is 0 Å². The van der Waals surface area contributed by atoms with Crippen LogP contribution in [0.15, 0.2) is 18.2 Å². The van der Waals surface area contributed by atoms with Gasteiger partial charge in [-0.05, 0) is 44.7 Å². The van der Waals surface area contributed by atoms with E-state index in [4.69, 9.17) is 16.3 Å². The maximum absolute atomic E-state index is 11.8. The number of likely N-dealkylation sites (N-methyl/N-ethyl adjacent to an activating group) is 1. The van der Waals surface area contributed by atoms with Crippen LogP contribution in [0.1, 0.15) is 25.8 Å². The van der Waals surface area contributed by atoms with Gasteiger partial charge in [0.05, 0.1) is 0 Å². The van der Waals surface area contributed by atoms with Crippen molar-refractivity contribution in [3.63, 3.8) is 0 Å². The van der Waals surface area contributed by atoms with E-state index in [-0.39, 0.29) is 17.8 Å². The van der Waals surface area contributed by atoms with Crippen LogP contribution in [0.3, 0.4) is 0 Å². The summed E-state index contributed by atoms with van der Waals surface area (Å²) >= 11 is 6.09. The first-order valence-electron chi connectivity index (χ1n) is 6.19. The second kappa shape index (κ2) is 5.02. The minimum Gasteiger partial charge on any atom is -0.508 e. The molecule has 2 rings (SSSR count). The van der Waals surface area contributed by atoms with Gasteiger partial charge in [0.1, 0.15) is 17.4 Å². The molecule has 1 aromatic carbocycles. The molecule has 0 saturated carbocycles. The molecular formula is C14H18ClNO3. The Morgan fingerprint density at radius 2 is 2.21 bits per heavy atom. The number of halogens is 1. The van der Waals surface area contributed by atoms with Crippen molar-refractivity contribution >= 4 is 17.6 Å². The van der Waals surface area contributed by atoms with Crippen molar-refractivity contribution in [1.29, 1.82) is 0 Å². The molecule has 0 spiro atoms. The van der Waals surface area contributed by atoms with Gasteiger partial charge in [0.2, 0.25) is 0 Å². The predicted molar refractivity (Wildman–Crippen MR) is 73.2 cm³/mol. The van der Waals surface area contributed by atoms with Gasteiger partial charge in [-0.1, -0.05) is 11.6 Å². The molecule has 1 atom stereocenters. The lowest BCUT2D eigenvalue weighted by Crippen LogP contribution is -2.35. The minimum atomic E-state index is -0.418. The zero-order valence-electron chi connectivity index (χ0n) is 11.3. The molecule has 19 heavy (non-hydrogen) atoms. The van der Waals surface area contributed by atoms with Crippen molar-refractivity contribution in [2.24, 2.45) is 0 Å². The van der Waals surface area contributed by atoms with Crippen LogP contribution < -0.4 is 0 Å². The second-order valence-corrected chi connectivity index (χ2v) is 6.00. The molecule has 1 aliphatic rings. The number of cyclic esters (lactones) is 1. The lowest BCUT2D eigenvalue weighted by Gasteiger charge is -2.22. The van der Waals surface area contributed by atoms with Crippen LogP contribution in [0.25, 0.3) is 0 Å². The molecule has 1 aliphatic heterocycles. The van der Waals surface area contributed by atoms with E-state index < -0.39 is 5.60 Å². The summed E-state index contributed by atoms with van der Waals surface area (Å²) in [5.41, 5.74) is 0.375. The summed E-state index contributed by atoms with van der Waals surface area (Å²) in [4.78, 5) is 13.7. The summed E-state index contributed by atoms with van der Waals surface area (Å²) < 4.78 is 5.31. The standard InChI is InChI=1S/C14H18ClNO3/c1-14(2)7-12(13(18)19-14)16(3)8-9-6-10(17)4-5-11(9)15/h4-6,12,17H,7-8H2,1-3H3. The monoisotopic (exact) mass is 283 g/mol. The molecule has 4 nitrogen and oxygen atoms in total. The maximum Gasteiger partial charge on any atom is 0.324 e. The third kappa shape index (κ3) is 3.19. The highest BCUT2D eigenvalue weighted by atomic mass is 35.5. The van der Waals surface area contributed by atoms with Crippen molar-refractivity contribution in [2.45, 2.75) is 38.5 Å². The summed E-state index contributed by atoms with van der Waals surface area (Å²) in [7, 11) is 1.85. The molecular weight excluding hydrogens is 266 g/mol. The number of carbonyl (C=O) groups excluding carboxylic acids is 1.